The summed E-state index contributed by atoms with van der Waals surface area (Å²) in [4.78, 5) is 35.5. The van der Waals surface area contributed by atoms with Crippen molar-refractivity contribution >= 4 is 21.1 Å². The van der Waals surface area contributed by atoms with Crippen LogP contribution in [0.5, 0.6) is 5.75 Å². The minimum atomic E-state index is -3.99. The molecular weight excluding hydrogens is 608 g/mol. The second-order valence-electron chi connectivity index (χ2n) is 11.0. The SMILES string of the molecule is CCCOc1ccc(S(=O)(=O)N2CCC(C(O)(CON[O-])CONOC)CC2)cc1-c1nc2c(CCC)cn(CC)c2c(=O)[nH]1. The highest BCUT2D eigenvalue weighted by Gasteiger charge is 2.42. The van der Waals surface area contributed by atoms with Crippen molar-refractivity contribution in [2.75, 3.05) is 40.0 Å². The fraction of sp³-hybridized carbons (Fsp3) is 0.586. The first kappa shape index (κ1) is 34.9. The molecule has 15 nitrogen and oxygen atoms in total. The number of aromatic amines is 1. The van der Waals surface area contributed by atoms with Gasteiger partial charge in [0.2, 0.25) is 10.0 Å². The molecular formula is C29H43N6O9S-. The van der Waals surface area contributed by atoms with Gasteiger partial charge in [0.1, 0.15) is 29.3 Å². The third-order valence-corrected chi connectivity index (χ3v) is 9.92. The predicted octanol–water partition coefficient (Wildman–Crippen LogP) is 2.39. The average molecular weight is 652 g/mol. The highest BCUT2D eigenvalue weighted by molar-refractivity contribution is 7.89. The number of ether oxygens (including phenoxy) is 1. The number of fused-ring (bicyclic) bond motifs is 1. The Kier molecular flexibility index (Phi) is 12.1. The molecule has 0 amide bonds. The predicted molar refractivity (Wildman–Crippen MR) is 166 cm³/mol. The van der Waals surface area contributed by atoms with Crippen LogP contribution in [0.25, 0.3) is 22.4 Å². The van der Waals surface area contributed by atoms with Gasteiger partial charge in [0.15, 0.2) is 0 Å². The van der Waals surface area contributed by atoms with Gasteiger partial charge in [-0.2, -0.15) is 4.31 Å². The summed E-state index contributed by atoms with van der Waals surface area (Å²) in [6.07, 6.45) is 4.85. The molecule has 4 rings (SSSR count). The van der Waals surface area contributed by atoms with E-state index in [-0.39, 0.29) is 55.4 Å². The molecule has 250 valence electrons. The summed E-state index contributed by atoms with van der Waals surface area (Å²) in [6.45, 7) is 6.55. The van der Waals surface area contributed by atoms with Gasteiger partial charge in [0.05, 0.1) is 36.3 Å². The van der Waals surface area contributed by atoms with Gasteiger partial charge in [-0.05, 0) is 62.3 Å². The van der Waals surface area contributed by atoms with Gasteiger partial charge in [0.25, 0.3) is 5.56 Å². The van der Waals surface area contributed by atoms with E-state index in [0.29, 0.717) is 35.5 Å². The lowest BCUT2D eigenvalue weighted by Gasteiger charge is -2.40. The number of benzene rings is 1. The van der Waals surface area contributed by atoms with Gasteiger partial charge in [-0.1, -0.05) is 25.9 Å². The molecule has 1 atom stereocenters. The molecule has 0 bridgehead atoms. The monoisotopic (exact) mass is 651 g/mol. The van der Waals surface area contributed by atoms with E-state index in [2.05, 4.69) is 22.4 Å². The van der Waals surface area contributed by atoms with E-state index >= 15 is 0 Å². The maximum atomic E-state index is 13.9. The van der Waals surface area contributed by atoms with Crippen molar-refractivity contribution in [2.24, 2.45) is 5.92 Å². The highest BCUT2D eigenvalue weighted by atomic mass is 32.2. The van der Waals surface area contributed by atoms with Gasteiger partial charge in [-0.3, -0.25) is 20.1 Å². The van der Waals surface area contributed by atoms with Crippen molar-refractivity contribution in [3.05, 3.63) is 45.5 Å². The molecule has 3 heterocycles. The van der Waals surface area contributed by atoms with Crippen LogP contribution >= 0.6 is 0 Å². The van der Waals surface area contributed by atoms with Crippen LogP contribution in [0.15, 0.2) is 34.1 Å². The first-order chi connectivity index (χ1) is 21.6. The number of aryl methyl sites for hydroxylation is 2. The zero-order valence-corrected chi connectivity index (χ0v) is 26.9. The molecule has 2 aromatic heterocycles. The van der Waals surface area contributed by atoms with Crippen molar-refractivity contribution in [1.82, 2.24) is 30.1 Å². The van der Waals surface area contributed by atoms with Gasteiger partial charge >= 0.3 is 0 Å². The molecule has 4 N–H and O–H groups in total. The summed E-state index contributed by atoms with van der Waals surface area (Å²) in [5.41, 5.74) is 3.96. The molecule has 0 saturated carbocycles. The number of nitrogens with one attached hydrogen (secondary N) is 3. The standard InChI is InChI=1S/C29H43N6O9S/c1-5-8-20-17-34(7-3)26-25(20)30-27(31-28(26)36)23-16-22(9-10-24(23)42-15-6-2)45(39,40)35-13-11-21(12-14-35)29(37,18-43-32-38)19-44-33-41-4/h9-10,16-17,21,32-33,37H,5-8,11-15,18-19H2,1-4H3,(H,30,31,36)/q-1. The van der Waals surface area contributed by atoms with E-state index in [1.54, 1.807) is 6.07 Å². The number of aliphatic hydroxyl groups is 1. The van der Waals surface area contributed by atoms with E-state index in [9.17, 15) is 23.5 Å². The van der Waals surface area contributed by atoms with Crippen molar-refractivity contribution in [3.8, 4) is 17.1 Å². The summed E-state index contributed by atoms with van der Waals surface area (Å²) < 4.78 is 37.0. The number of hydrogen-bond acceptors (Lipinski definition) is 12. The van der Waals surface area contributed by atoms with E-state index in [1.807, 2.05) is 24.6 Å². The van der Waals surface area contributed by atoms with Crippen LogP contribution in [0.4, 0.5) is 0 Å². The third-order valence-electron chi connectivity index (χ3n) is 8.02. The minimum Gasteiger partial charge on any atom is -0.765 e. The summed E-state index contributed by atoms with van der Waals surface area (Å²) >= 11 is 0. The fourth-order valence-electron chi connectivity index (χ4n) is 5.72. The Morgan fingerprint density at radius 2 is 1.89 bits per heavy atom. The molecule has 1 aliphatic heterocycles. The Morgan fingerprint density at radius 3 is 2.53 bits per heavy atom. The molecule has 0 radical (unpaired) electrons. The number of nitrogens with zero attached hydrogens (tertiary/aromatic N) is 3. The number of aromatic nitrogens is 3. The summed E-state index contributed by atoms with van der Waals surface area (Å²) in [5, 5.41) is 21.9. The van der Waals surface area contributed by atoms with Gasteiger partial charge < -0.3 is 29.4 Å². The zero-order valence-electron chi connectivity index (χ0n) is 26.1. The molecule has 1 aromatic carbocycles. The van der Waals surface area contributed by atoms with Crippen molar-refractivity contribution in [3.63, 3.8) is 0 Å². The summed E-state index contributed by atoms with van der Waals surface area (Å²) in [6, 6.07) is 4.56. The lowest BCUT2D eigenvalue weighted by molar-refractivity contribution is -0.215. The number of piperidine rings is 1. The first-order valence-corrected chi connectivity index (χ1v) is 16.6. The quantitative estimate of drug-likeness (QED) is 0.123. The normalized spacial score (nSPS) is 16.3. The van der Waals surface area contributed by atoms with Crippen molar-refractivity contribution < 1.29 is 32.8 Å². The molecule has 1 fully saturated rings. The lowest BCUT2D eigenvalue weighted by atomic mass is 9.82. The van der Waals surface area contributed by atoms with Crippen LogP contribution in [0, 0.1) is 11.1 Å². The van der Waals surface area contributed by atoms with Crippen LogP contribution in [0.3, 0.4) is 0 Å². The van der Waals surface area contributed by atoms with Gasteiger partial charge in [-0.25, -0.2) is 13.4 Å². The second kappa shape index (κ2) is 15.6. The first-order valence-electron chi connectivity index (χ1n) is 15.1. The van der Waals surface area contributed by atoms with E-state index in [0.717, 1.165) is 24.8 Å². The number of sulfonamides is 1. The van der Waals surface area contributed by atoms with E-state index in [1.165, 1.54) is 29.2 Å². The summed E-state index contributed by atoms with van der Waals surface area (Å²) in [5.74, 6) is 0.193. The van der Waals surface area contributed by atoms with Crippen LogP contribution in [0.1, 0.15) is 52.0 Å². The fourth-order valence-corrected chi connectivity index (χ4v) is 7.22. The van der Waals surface area contributed by atoms with Gasteiger partial charge in [0, 0.05) is 25.8 Å². The highest BCUT2D eigenvalue weighted by Crippen LogP contribution is 2.35. The van der Waals surface area contributed by atoms with Crippen molar-refractivity contribution in [1.29, 1.82) is 0 Å². The molecule has 0 spiro atoms. The molecule has 3 aromatic rings. The molecule has 1 aliphatic rings. The maximum absolute atomic E-state index is 13.9. The summed E-state index contributed by atoms with van der Waals surface area (Å²) in [7, 11) is -2.65. The van der Waals surface area contributed by atoms with Crippen LogP contribution in [-0.2, 0) is 37.5 Å². The Morgan fingerprint density at radius 1 is 1.16 bits per heavy atom. The molecule has 1 saturated heterocycles. The Balaban J connectivity index is 1.66. The zero-order chi connectivity index (χ0) is 32.6. The third kappa shape index (κ3) is 7.73. The maximum Gasteiger partial charge on any atom is 0.275 e. The molecule has 45 heavy (non-hydrogen) atoms. The molecule has 0 aliphatic carbocycles. The van der Waals surface area contributed by atoms with Crippen LogP contribution in [-0.4, -0.2) is 78.0 Å². The van der Waals surface area contributed by atoms with Crippen LogP contribution in [0.2, 0.25) is 0 Å². The van der Waals surface area contributed by atoms with Gasteiger partial charge in [-0.15, -0.1) is 0 Å². The van der Waals surface area contributed by atoms with E-state index < -0.39 is 21.5 Å². The number of hydrogen-bond donors (Lipinski definition) is 4. The minimum absolute atomic E-state index is 0.0178. The molecule has 16 heteroatoms. The number of H-pyrrole nitrogens is 1. The smallest absolute Gasteiger partial charge is 0.275 e. The van der Waals surface area contributed by atoms with Crippen LogP contribution < -0.4 is 21.6 Å². The Bertz CT molecular complexity index is 1590. The Labute approximate surface area is 262 Å². The molecule has 1 unspecified atom stereocenters. The second-order valence-corrected chi connectivity index (χ2v) is 13.0. The Hall–Kier alpha value is -2.93. The lowest BCUT2D eigenvalue weighted by Crippen LogP contribution is -2.53. The van der Waals surface area contributed by atoms with Crippen molar-refractivity contribution in [2.45, 2.75) is 69.9 Å². The van der Waals surface area contributed by atoms with E-state index in [4.69, 9.17) is 19.4 Å². The largest absolute Gasteiger partial charge is 0.765 e. The topological polar surface area (TPSA) is 192 Å². The number of rotatable bonds is 17. The average Bonchev–Trinajstić information content (AvgIpc) is 3.41.